The molecule has 0 saturated carbocycles. The van der Waals surface area contributed by atoms with Crippen molar-refractivity contribution in [3.05, 3.63) is 30.3 Å². The van der Waals surface area contributed by atoms with Crippen molar-refractivity contribution in [3.63, 3.8) is 0 Å². The van der Waals surface area contributed by atoms with Crippen molar-refractivity contribution >= 4 is 7.67 Å². The summed E-state index contributed by atoms with van der Waals surface area (Å²) in [7, 11) is 0.0766. The van der Waals surface area contributed by atoms with Crippen LogP contribution in [0.2, 0.25) is 0 Å². The predicted octanol–water partition coefficient (Wildman–Crippen LogP) is 1.69. The van der Waals surface area contributed by atoms with Crippen LogP contribution in [-0.4, -0.2) is 18.8 Å². The third-order valence-corrected chi connectivity index (χ3v) is 3.12. The van der Waals surface area contributed by atoms with Gasteiger partial charge in [0.2, 0.25) is 0 Å². The maximum absolute atomic E-state index is 11.6. The second-order valence-electron chi connectivity index (χ2n) is 2.82. The average Bonchev–Trinajstić information content (AvgIpc) is 2.05. The standard InChI is InChI=1S/C8H13N2O2P/c1-10(2)13(9,11)12-8-6-4-3-5-7-8/h3-7H,1-2H3,(H2,9,11). The van der Waals surface area contributed by atoms with Crippen molar-refractivity contribution in [1.29, 1.82) is 0 Å². The topological polar surface area (TPSA) is 55.6 Å². The quantitative estimate of drug-likeness (QED) is 0.754. The molecule has 2 N–H and O–H groups in total. The first kappa shape index (κ1) is 10.3. The molecule has 0 saturated heterocycles. The largest absolute Gasteiger partial charge is 0.422 e. The van der Waals surface area contributed by atoms with Crippen LogP contribution in [0.5, 0.6) is 5.75 Å². The third-order valence-electron chi connectivity index (χ3n) is 1.54. The van der Waals surface area contributed by atoms with Gasteiger partial charge in [-0.1, -0.05) is 18.2 Å². The van der Waals surface area contributed by atoms with E-state index in [-0.39, 0.29) is 0 Å². The smallest absolute Gasteiger partial charge is 0.389 e. The van der Waals surface area contributed by atoms with Crippen LogP contribution in [0.25, 0.3) is 0 Å². The fraction of sp³-hybridized carbons (Fsp3) is 0.250. The molecule has 0 aliphatic heterocycles. The Kier molecular flexibility index (Phi) is 3.09. The van der Waals surface area contributed by atoms with E-state index in [1.807, 2.05) is 6.07 Å². The Hall–Kier alpha value is -0.830. The molecule has 0 aliphatic carbocycles. The number of nitrogens with zero attached hydrogens (tertiary/aromatic N) is 1. The molecule has 0 heterocycles. The molecule has 1 rings (SSSR count). The van der Waals surface area contributed by atoms with Gasteiger partial charge in [0, 0.05) is 0 Å². The van der Waals surface area contributed by atoms with Gasteiger partial charge in [0.1, 0.15) is 5.75 Å². The van der Waals surface area contributed by atoms with E-state index in [0.717, 1.165) is 0 Å². The van der Waals surface area contributed by atoms with Gasteiger partial charge in [-0.3, -0.25) is 0 Å². The van der Waals surface area contributed by atoms with Crippen LogP contribution >= 0.6 is 7.67 Å². The molecule has 0 amide bonds. The summed E-state index contributed by atoms with van der Waals surface area (Å²) < 4.78 is 18.1. The number of benzene rings is 1. The lowest BCUT2D eigenvalue weighted by Crippen LogP contribution is -2.18. The molecular weight excluding hydrogens is 187 g/mol. The highest BCUT2D eigenvalue weighted by atomic mass is 31.2. The van der Waals surface area contributed by atoms with E-state index in [9.17, 15) is 4.57 Å². The first-order chi connectivity index (χ1) is 6.02. The molecule has 0 spiro atoms. The van der Waals surface area contributed by atoms with Crippen molar-refractivity contribution < 1.29 is 9.09 Å². The zero-order valence-electron chi connectivity index (χ0n) is 7.68. The van der Waals surface area contributed by atoms with Crippen LogP contribution in [0.4, 0.5) is 0 Å². The number of hydrogen-bond donors (Lipinski definition) is 1. The maximum Gasteiger partial charge on any atom is 0.389 e. The molecule has 72 valence electrons. The van der Waals surface area contributed by atoms with Gasteiger partial charge >= 0.3 is 7.67 Å². The predicted molar refractivity (Wildman–Crippen MR) is 52.6 cm³/mol. The molecule has 0 fully saturated rings. The van der Waals surface area contributed by atoms with E-state index in [0.29, 0.717) is 5.75 Å². The fourth-order valence-corrected chi connectivity index (χ4v) is 1.30. The van der Waals surface area contributed by atoms with Gasteiger partial charge in [0.15, 0.2) is 0 Å². The van der Waals surface area contributed by atoms with Crippen LogP contribution < -0.4 is 10.0 Å². The van der Waals surface area contributed by atoms with E-state index in [4.69, 9.17) is 10.0 Å². The van der Waals surface area contributed by atoms with Crippen molar-refractivity contribution in [1.82, 2.24) is 4.67 Å². The highest BCUT2D eigenvalue weighted by Crippen LogP contribution is 2.40. The van der Waals surface area contributed by atoms with Crippen LogP contribution in [-0.2, 0) is 4.57 Å². The number of nitrogens with two attached hydrogens (primary N) is 1. The van der Waals surface area contributed by atoms with Gasteiger partial charge in [-0.15, -0.1) is 0 Å². The Morgan fingerprint density at radius 2 is 1.85 bits per heavy atom. The van der Waals surface area contributed by atoms with Crippen molar-refractivity contribution in [2.75, 3.05) is 14.1 Å². The summed E-state index contributed by atoms with van der Waals surface area (Å²) in [6.07, 6.45) is 0. The molecule has 13 heavy (non-hydrogen) atoms. The SMILES string of the molecule is CN(C)P(N)(=O)Oc1ccccc1. The summed E-state index contributed by atoms with van der Waals surface area (Å²) in [4.78, 5) is 0. The van der Waals surface area contributed by atoms with Gasteiger partial charge in [0.25, 0.3) is 0 Å². The van der Waals surface area contributed by atoms with Crippen molar-refractivity contribution in [2.45, 2.75) is 0 Å². The monoisotopic (exact) mass is 200 g/mol. The van der Waals surface area contributed by atoms with Gasteiger partial charge in [-0.2, -0.15) is 0 Å². The minimum atomic E-state index is -3.15. The van der Waals surface area contributed by atoms with Gasteiger partial charge in [-0.25, -0.2) is 14.7 Å². The van der Waals surface area contributed by atoms with E-state index in [1.165, 1.54) is 4.67 Å². The summed E-state index contributed by atoms with van der Waals surface area (Å²) in [5.41, 5.74) is 5.45. The first-order valence-corrected chi connectivity index (χ1v) is 5.48. The Labute approximate surface area is 77.9 Å². The van der Waals surface area contributed by atoms with E-state index >= 15 is 0 Å². The molecule has 1 aromatic rings. The van der Waals surface area contributed by atoms with Gasteiger partial charge < -0.3 is 4.52 Å². The van der Waals surface area contributed by atoms with Crippen LogP contribution in [0.1, 0.15) is 0 Å². The van der Waals surface area contributed by atoms with Crippen LogP contribution in [0, 0.1) is 0 Å². The molecule has 1 aromatic carbocycles. The Balaban J connectivity index is 2.76. The minimum Gasteiger partial charge on any atom is -0.422 e. The summed E-state index contributed by atoms with van der Waals surface area (Å²) in [6.45, 7) is 0. The molecule has 5 heteroatoms. The fourth-order valence-electron chi connectivity index (χ4n) is 0.714. The Bertz CT molecular complexity index is 313. The molecule has 4 nitrogen and oxygen atoms in total. The van der Waals surface area contributed by atoms with Crippen molar-refractivity contribution in [3.8, 4) is 5.75 Å². The first-order valence-electron chi connectivity index (χ1n) is 3.83. The van der Waals surface area contributed by atoms with E-state index in [2.05, 4.69) is 0 Å². The summed E-state index contributed by atoms with van der Waals surface area (Å²) >= 11 is 0. The lowest BCUT2D eigenvalue weighted by Gasteiger charge is -2.19. The zero-order valence-corrected chi connectivity index (χ0v) is 8.57. The molecule has 0 aliphatic rings. The second-order valence-corrected chi connectivity index (χ2v) is 4.93. The number of para-hydroxylation sites is 1. The molecule has 1 atom stereocenters. The normalized spacial score (nSPS) is 15.4. The maximum atomic E-state index is 11.6. The average molecular weight is 200 g/mol. The van der Waals surface area contributed by atoms with Crippen molar-refractivity contribution in [2.24, 2.45) is 5.50 Å². The lowest BCUT2D eigenvalue weighted by molar-refractivity contribution is 0.417. The second kappa shape index (κ2) is 3.92. The van der Waals surface area contributed by atoms with Crippen LogP contribution in [0.3, 0.4) is 0 Å². The number of rotatable bonds is 3. The van der Waals surface area contributed by atoms with E-state index < -0.39 is 7.67 Å². The highest BCUT2D eigenvalue weighted by Gasteiger charge is 2.21. The zero-order chi connectivity index (χ0) is 9.90. The Morgan fingerprint density at radius 1 is 1.31 bits per heavy atom. The highest BCUT2D eigenvalue weighted by molar-refractivity contribution is 7.54. The van der Waals surface area contributed by atoms with Crippen LogP contribution in [0.15, 0.2) is 30.3 Å². The Morgan fingerprint density at radius 3 is 2.31 bits per heavy atom. The minimum absolute atomic E-state index is 0.516. The molecular formula is C8H13N2O2P. The molecule has 0 radical (unpaired) electrons. The van der Waals surface area contributed by atoms with Gasteiger partial charge in [-0.05, 0) is 26.2 Å². The number of hydrogen-bond acceptors (Lipinski definition) is 2. The van der Waals surface area contributed by atoms with E-state index in [1.54, 1.807) is 38.4 Å². The molecule has 0 aromatic heterocycles. The molecule has 1 unspecified atom stereocenters. The lowest BCUT2D eigenvalue weighted by atomic mass is 10.3. The third kappa shape index (κ3) is 2.84. The summed E-state index contributed by atoms with van der Waals surface area (Å²) in [5.74, 6) is 0.516. The summed E-state index contributed by atoms with van der Waals surface area (Å²) in [5, 5.41) is 0. The summed E-state index contributed by atoms with van der Waals surface area (Å²) in [6, 6.07) is 8.87. The van der Waals surface area contributed by atoms with Gasteiger partial charge in [0.05, 0.1) is 0 Å². The molecule has 0 bridgehead atoms.